The van der Waals surface area contributed by atoms with Crippen molar-refractivity contribution >= 4 is 73.6 Å². The van der Waals surface area contributed by atoms with Gasteiger partial charge in [0, 0.05) is 12.6 Å². The van der Waals surface area contributed by atoms with Gasteiger partial charge in [-0.05, 0) is 48.0 Å². The monoisotopic (exact) mass is 468 g/mol. The number of rotatable bonds is 5. The van der Waals surface area contributed by atoms with Crippen molar-refractivity contribution in [1.82, 2.24) is 5.32 Å². The van der Waals surface area contributed by atoms with Crippen molar-refractivity contribution in [3.63, 3.8) is 0 Å². The Morgan fingerprint density at radius 1 is 1.24 bits per heavy atom. The SMILES string of the molecule is CC(=O)Nc1ccc(S(=O)(=O)Oc2ccc(/C=C3\SC(=S)NC3=O)cc2Cl)cc1. The number of nitrogens with one attached hydrogen (secondary N) is 2. The van der Waals surface area contributed by atoms with Crippen molar-refractivity contribution in [2.45, 2.75) is 11.8 Å². The van der Waals surface area contributed by atoms with Crippen LogP contribution in [0.25, 0.3) is 6.08 Å². The minimum Gasteiger partial charge on any atom is -0.377 e. The maximum Gasteiger partial charge on any atom is 0.339 e. The summed E-state index contributed by atoms with van der Waals surface area (Å²) in [6.45, 7) is 1.35. The van der Waals surface area contributed by atoms with E-state index in [0.29, 0.717) is 20.5 Å². The second-order valence-corrected chi connectivity index (χ2v) is 9.46. The molecule has 0 atom stereocenters. The van der Waals surface area contributed by atoms with Gasteiger partial charge in [-0.25, -0.2) is 0 Å². The van der Waals surface area contributed by atoms with E-state index < -0.39 is 10.1 Å². The third-order valence-electron chi connectivity index (χ3n) is 3.56. The number of anilines is 1. The highest BCUT2D eigenvalue weighted by atomic mass is 35.5. The molecule has 0 unspecified atom stereocenters. The lowest BCUT2D eigenvalue weighted by Crippen LogP contribution is -2.17. The first-order valence-corrected chi connectivity index (χ1v) is 11.0. The third-order valence-corrected chi connectivity index (χ3v) is 6.27. The van der Waals surface area contributed by atoms with Gasteiger partial charge < -0.3 is 14.8 Å². The van der Waals surface area contributed by atoms with E-state index in [4.69, 9.17) is 28.0 Å². The lowest BCUT2D eigenvalue weighted by atomic mass is 10.2. The molecule has 0 aliphatic carbocycles. The summed E-state index contributed by atoms with van der Waals surface area (Å²) in [5, 5.41) is 5.11. The maximum absolute atomic E-state index is 12.5. The van der Waals surface area contributed by atoms with Gasteiger partial charge in [0.2, 0.25) is 5.91 Å². The number of amides is 2. The summed E-state index contributed by atoms with van der Waals surface area (Å²) in [4.78, 5) is 23.1. The summed E-state index contributed by atoms with van der Waals surface area (Å²) < 4.78 is 30.5. The summed E-state index contributed by atoms with van der Waals surface area (Å²) in [5.74, 6) is -0.630. The van der Waals surface area contributed by atoms with E-state index in [9.17, 15) is 18.0 Å². The summed E-state index contributed by atoms with van der Waals surface area (Å²) in [5.41, 5.74) is 1.04. The van der Waals surface area contributed by atoms with Crippen LogP contribution >= 0.6 is 35.6 Å². The third kappa shape index (κ3) is 5.36. The highest BCUT2D eigenvalue weighted by Crippen LogP contribution is 2.31. The van der Waals surface area contributed by atoms with Crippen molar-refractivity contribution in [2.24, 2.45) is 0 Å². The maximum atomic E-state index is 12.5. The highest BCUT2D eigenvalue weighted by molar-refractivity contribution is 8.26. The Labute approximate surface area is 181 Å². The normalized spacial score (nSPS) is 15.3. The van der Waals surface area contributed by atoms with Crippen molar-refractivity contribution in [1.29, 1.82) is 0 Å². The Balaban J connectivity index is 1.79. The van der Waals surface area contributed by atoms with Crippen LogP contribution < -0.4 is 14.8 Å². The van der Waals surface area contributed by atoms with E-state index in [2.05, 4.69) is 10.6 Å². The topological polar surface area (TPSA) is 102 Å². The molecule has 0 spiro atoms. The molecular weight excluding hydrogens is 456 g/mol. The quantitative estimate of drug-likeness (QED) is 0.393. The molecular formula is C18H13ClN2O5S3. The number of thiocarbonyl (C=S) groups is 1. The van der Waals surface area contributed by atoms with Crippen LogP contribution in [0.2, 0.25) is 5.02 Å². The summed E-state index contributed by atoms with van der Waals surface area (Å²) >= 11 is 12.2. The molecule has 29 heavy (non-hydrogen) atoms. The fourth-order valence-corrected chi connectivity index (χ4v) is 4.59. The zero-order valence-electron chi connectivity index (χ0n) is 14.8. The van der Waals surface area contributed by atoms with Crippen molar-refractivity contribution < 1.29 is 22.2 Å². The van der Waals surface area contributed by atoms with Gasteiger partial charge in [-0.15, -0.1) is 0 Å². The first-order valence-electron chi connectivity index (χ1n) is 8.00. The smallest absolute Gasteiger partial charge is 0.339 e. The van der Waals surface area contributed by atoms with Crippen LogP contribution in [0.4, 0.5) is 5.69 Å². The lowest BCUT2D eigenvalue weighted by molar-refractivity contribution is -0.115. The number of carbonyl (C=O) groups is 2. The van der Waals surface area contributed by atoms with Gasteiger partial charge in [0.15, 0.2) is 5.75 Å². The van der Waals surface area contributed by atoms with Gasteiger partial charge in [0.1, 0.15) is 9.22 Å². The molecule has 2 N–H and O–H groups in total. The van der Waals surface area contributed by atoms with E-state index in [1.54, 1.807) is 12.1 Å². The average Bonchev–Trinajstić information content (AvgIpc) is 2.94. The standard InChI is InChI=1S/C18H13ClN2O5S3/c1-10(22)20-12-3-5-13(6-4-12)29(24,25)26-15-7-2-11(8-14(15)19)9-16-17(23)21-18(27)28-16/h2-9H,1H3,(H,20,22)(H,21,23,27)/b16-9-. The van der Waals surface area contributed by atoms with Gasteiger partial charge in [0.05, 0.1) is 9.93 Å². The molecule has 1 heterocycles. The minimum absolute atomic E-state index is 0.0567. The number of carbonyl (C=O) groups excluding carboxylic acids is 2. The Morgan fingerprint density at radius 2 is 1.93 bits per heavy atom. The number of benzene rings is 2. The Kier molecular flexibility index (Phi) is 6.27. The van der Waals surface area contributed by atoms with Crippen LogP contribution in [-0.4, -0.2) is 24.6 Å². The number of hydrogen-bond donors (Lipinski definition) is 2. The van der Waals surface area contributed by atoms with Gasteiger partial charge in [0.25, 0.3) is 5.91 Å². The van der Waals surface area contributed by atoms with Crippen molar-refractivity contribution in [3.8, 4) is 5.75 Å². The average molecular weight is 469 g/mol. The van der Waals surface area contributed by atoms with Gasteiger partial charge in [-0.1, -0.05) is 41.6 Å². The first-order chi connectivity index (χ1) is 13.6. The van der Waals surface area contributed by atoms with Crippen LogP contribution in [0, 0.1) is 0 Å². The molecule has 1 aliphatic heterocycles. The van der Waals surface area contributed by atoms with Crippen LogP contribution in [0.15, 0.2) is 52.3 Å². The second kappa shape index (κ2) is 8.54. The predicted octanol–water partition coefficient (Wildman–Crippen LogP) is 3.55. The van der Waals surface area contributed by atoms with E-state index in [1.807, 2.05) is 0 Å². The number of hydrogen-bond acceptors (Lipinski definition) is 7. The molecule has 0 aromatic heterocycles. The Hall–Kier alpha value is -2.40. The number of halogens is 1. The second-order valence-electron chi connectivity index (χ2n) is 5.79. The molecule has 150 valence electrons. The van der Waals surface area contributed by atoms with Gasteiger partial charge in [-0.2, -0.15) is 8.42 Å². The molecule has 0 radical (unpaired) electrons. The van der Waals surface area contributed by atoms with Crippen LogP contribution in [0.3, 0.4) is 0 Å². The van der Waals surface area contributed by atoms with E-state index >= 15 is 0 Å². The van der Waals surface area contributed by atoms with Crippen LogP contribution in [-0.2, 0) is 19.7 Å². The largest absolute Gasteiger partial charge is 0.377 e. The minimum atomic E-state index is -4.13. The Morgan fingerprint density at radius 3 is 2.48 bits per heavy atom. The van der Waals surface area contributed by atoms with Crippen molar-refractivity contribution in [3.05, 3.63) is 58.0 Å². The van der Waals surface area contributed by atoms with Crippen LogP contribution in [0.5, 0.6) is 5.75 Å². The fraction of sp³-hybridized carbons (Fsp3) is 0.0556. The van der Waals surface area contributed by atoms with Gasteiger partial charge in [-0.3, -0.25) is 9.59 Å². The summed E-state index contributed by atoms with van der Waals surface area (Å²) in [7, 11) is -4.13. The molecule has 1 fully saturated rings. The molecule has 7 nitrogen and oxygen atoms in total. The Bertz CT molecular complexity index is 1140. The molecule has 2 aromatic rings. The molecule has 2 amide bonds. The summed E-state index contributed by atoms with van der Waals surface area (Å²) in [6.07, 6.45) is 1.59. The van der Waals surface area contributed by atoms with E-state index in [1.165, 1.54) is 43.3 Å². The van der Waals surface area contributed by atoms with Crippen LogP contribution in [0.1, 0.15) is 12.5 Å². The molecule has 3 rings (SSSR count). The van der Waals surface area contributed by atoms with E-state index in [-0.39, 0.29) is 27.5 Å². The van der Waals surface area contributed by atoms with Crippen molar-refractivity contribution in [2.75, 3.05) is 5.32 Å². The lowest BCUT2D eigenvalue weighted by Gasteiger charge is -2.10. The predicted molar refractivity (Wildman–Crippen MR) is 116 cm³/mol. The number of thioether (sulfide) groups is 1. The molecule has 0 bridgehead atoms. The molecule has 1 saturated heterocycles. The molecule has 0 saturated carbocycles. The molecule has 1 aliphatic rings. The summed E-state index contributed by atoms with van der Waals surface area (Å²) in [6, 6.07) is 9.96. The first kappa shape index (κ1) is 21.3. The fourth-order valence-electron chi connectivity index (χ4n) is 2.32. The van der Waals surface area contributed by atoms with Gasteiger partial charge >= 0.3 is 10.1 Å². The van der Waals surface area contributed by atoms with E-state index in [0.717, 1.165) is 11.8 Å². The molecule has 11 heteroatoms. The highest BCUT2D eigenvalue weighted by Gasteiger charge is 2.22. The zero-order valence-corrected chi connectivity index (χ0v) is 18.0. The molecule has 2 aromatic carbocycles. The zero-order chi connectivity index (χ0) is 21.2.